The van der Waals surface area contributed by atoms with Gasteiger partial charge in [0, 0.05) is 22.3 Å². The molecule has 4 aromatic carbocycles. The van der Waals surface area contributed by atoms with Crippen molar-refractivity contribution in [3.63, 3.8) is 0 Å². The zero-order valence-electron chi connectivity index (χ0n) is 15.3. The lowest BCUT2D eigenvalue weighted by Gasteiger charge is -2.44. The fourth-order valence-electron chi connectivity index (χ4n) is 4.50. The molecule has 0 N–H and O–H groups in total. The molecule has 2 heteroatoms. The Bertz CT molecular complexity index is 1240. The third-order valence-corrected chi connectivity index (χ3v) is 5.79. The number of ether oxygens (including phenoxy) is 2. The molecule has 28 heavy (non-hydrogen) atoms. The topological polar surface area (TPSA) is 18.5 Å². The fraction of sp³-hybridized carbons (Fsp3) is 0.0769. The second-order valence-corrected chi connectivity index (χ2v) is 7.30. The Morgan fingerprint density at radius 2 is 1.46 bits per heavy atom. The van der Waals surface area contributed by atoms with Gasteiger partial charge in [-0.1, -0.05) is 78.9 Å². The lowest BCUT2D eigenvalue weighted by atomic mass is 9.76. The molecule has 0 aromatic heterocycles. The highest BCUT2D eigenvalue weighted by Crippen LogP contribution is 2.52. The summed E-state index contributed by atoms with van der Waals surface area (Å²) in [6.45, 7) is 0.509. The van der Waals surface area contributed by atoms with Crippen LogP contribution in [0.25, 0.3) is 16.8 Å². The van der Waals surface area contributed by atoms with Crippen molar-refractivity contribution in [2.45, 2.75) is 5.60 Å². The van der Waals surface area contributed by atoms with Gasteiger partial charge in [-0.25, -0.2) is 0 Å². The molecule has 0 saturated carbocycles. The fourth-order valence-corrected chi connectivity index (χ4v) is 4.50. The molecule has 0 spiro atoms. The van der Waals surface area contributed by atoms with Crippen LogP contribution in [0.3, 0.4) is 0 Å². The van der Waals surface area contributed by atoms with Crippen LogP contribution in [0.1, 0.15) is 16.7 Å². The van der Waals surface area contributed by atoms with Crippen LogP contribution >= 0.6 is 0 Å². The van der Waals surface area contributed by atoms with Gasteiger partial charge in [0.05, 0.1) is 0 Å². The Kier molecular flexibility index (Phi) is 3.18. The molecule has 2 aliphatic rings. The lowest BCUT2D eigenvalue weighted by Crippen LogP contribution is -2.43. The third-order valence-electron chi connectivity index (χ3n) is 5.79. The molecule has 1 atom stereocenters. The van der Waals surface area contributed by atoms with Crippen molar-refractivity contribution in [2.24, 2.45) is 0 Å². The van der Waals surface area contributed by atoms with Gasteiger partial charge in [0.25, 0.3) is 0 Å². The molecule has 4 aromatic rings. The molecule has 134 valence electrons. The predicted molar refractivity (Wildman–Crippen MR) is 112 cm³/mol. The van der Waals surface area contributed by atoms with Crippen LogP contribution in [0.5, 0.6) is 11.5 Å². The Balaban J connectivity index is 1.68. The smallest absolute Gasteiger partial charge is 0.187 e. The summed E-state index contributed by atoms with van der Waals surface area (Å²) in [6.07, 6.45) is 2.27. The van der Waals surface area contributed by atoms with E-state index in [1.54, 1.807) is 0 Å². The van der Waals surface area contributed by atoms with Crippen molar-refractivity contribution >= 4 is 16.8 Å². The molecular formula is C26H18O2. The zero-order valence-corrected chi connectivity index (χ0v) is 15.3. The number of fused-ring (bicyclic) bond motifs is 6. The number of hydrogen-bond acceptors (Lipinski definition) is 2. The number of rotatable bonds is 1. The maximum absolute atomic E-state index is 6.90. The van der Waals surface area contributed by atoms with Gasteiger partial charge in [0.15, 0.2) is 5.60 Å². The van der Waals surface area contributed by atoms with E-state index in [0.717, 1.165) is 33.8 Å². The normalized spacial score (nSPS) is 19.5. The van der Waals surface area contributed by atoms with Crippen molar-refractivity contribution in [1.29, 1.82) is 0 Å². The van der Waals surface area contributed by atoms with Gasteiger partial charge in [-0.15, -0.1) is 0 Å². The molecule has 0 fully saturated rings. The molecule has 0 saturated heterocycles. The predicted octanol–water partition coefficient (Wildman–Crippen LogP) is 5.95. The van der Waals surface area contributed by atoms with Gasteiger partial charge < -0.3 is 9.47 Å². The number of benzene rings is 4. The van der Waals surface area contributed by atoms with Gasteiger partial charge in [0.1, 0.15) is 18.1 Å². The van der Waals surface area contributed by atoms with Crippen LogP contribution in [-0.4, -0.2) is 6.61 Å². The van der Waals surface area contributed by atoms with E-state index in [4.69, 9.17) is 9.47 Å². The van der Waals surface area contributed by atoms with Crippen LogP contribution in [0, 0.1) is 0 Å². The summed E-state index contributed by atoms with van der Waals surface area (Å²) in [5.41, 5.74) is 3.77. The SMILES string of the molecule is C1=C2COc3ccccc3C2(c2ccccc2)Oc2ccc3ccccc3c21. The largest absolute Gasteiger partial charge is 0.489 e. The quantitative estimate of drug-likeness (QED) is 0.416. The summed E-state index contributed by atoms with van der Waals surface area (Å²) < 4.78 is 13.0. The molecule has 2 aliphatic heterocycles. The second kappa shape index (κ2) is 5.74. The van der Waals surface area contributed by atoms with Gasteiger partial charge in [0.2, 0.25) is 0 Å². The average Bonchev–Trinajstić information content (AvgIpc) is 2.78. The highest BCUT2D eigenvalue weighted by Gasteiger charge is 2.48. The minimum Gasteiger partial charge on any atom is -0.489 e. The molecule has 2 nitrogen and oxygen atoms in total. The Morgan fingerprint density at radius 1 is 0.679 bits per heavy atom. The first-order chi connectivity index (χ1) is 13.9. The summed E-state index contributed by atoms with van der Waals surface area (Å²) >= 11 is 0. The van der Waals surface area contributed by atoms with E-state index < -0.39 is 5.60 Å². The lowest BCUT2D eigenvalue weighted by molar-refractivity contribution is 0.112. The van der Waals surface area contributed by atoms with Gasteiger partial charge >= 0.3 is 0 Å². The Hall–Kier alpha value is -3.52. The van der Waals surface area contributed by atoms with Gasteiger partial charge in [-0.05, 0) is 29.0 Å². The van der Waals surface area contributed by atoms with Crippen LogP contribution < -0.4 is 9.47 Å². The van der Waals surface area contributed by atoms with Crippen molar-refractivity contribution in [3.05, 3.63) is 113 Å². The second-order valence-electron chi connectivity index (χ2n) is 7.30. The minimum atomic E-state index is -0.661. The van der Waals surface area contributed by atoms with E-state index >= 15 is 0 Å². The molecule has 0 aliphatic carbocycles. The average molecular weight is 362 g/mol. The van der Waals surface area contributed by atoms with Crippen molar-refractivity contribution in [3.8, 4) is 11.5 Å². The first-order valence-corrected chi connectivity index (χ1v) is 9.56. The van der Waals surface area contributed by atoms with E-state index in [-0.39, 0.29) is 0 Å². The summed E-state index contributed by atoms with van der Waals surface area (Å²) in [7, 11) is 0. The van der Waals surface area contributed by atoms with Crippen LogP contribution in [-0.2, 0) is 5.60 Å². The number of para-hydroxylation sites is 1. The highest BCUT2D eigenvalue weighted by molar-refractivity contribution is 5.94. The monoisotopic (exact) mass is 362 g/mol. The van der Waals surface area contributed by atoms with E-state index in [1.165, 1.54) is 10.8 Å². The van der Waals surface area contributed by atoms with Crippen molar-refractivity contribution in [1.82, 2.24) is 0 Å². The van der Waals surface area contributed by atoms with E-state index in [2.05, 4.69) is 78.9 Å². The zero-order chi connectivity index (χ0) is 18.6. The minimum absolute atomic E-state index is 0.509. The Morgan fingerprint density at radius 3 is 2.39 bits per heavy atom. The summed E-state index contributed by atoms with van der Waals surface area (Å²) in [5.74, 6) is 1.79. The molecule has 0 amide bonds. The van der Waals surface area contributed by atoms with Crippen molar-refractivity contribution < 1.29 is 9.47 Å². The Labute approximate surface area is 163 Å². The van der Waals surface area contributed by atoms with Crippen LogP contribution in [0.2, 0.25) is 0 Å². The third kappa shape index (κ3) is 2.03. The van der Waals surface area contributed by atoms with Crippen molar-refractivity contribution in [2.75, 3.05) is 6.61 Å². The van der Waals surface area contributed by atoms with Gasteiger partial charge in [-0.3, -0.25) is 0 Å². The first kappa shape index (κ1) is 15.5. The summed E-state index contributed by atoms with van der Waals surface area (Å²) in [6, 6.07) is 31.3. The van der Waals surface area contributed by atoms with Crippen LogP contribution in [0.4, 0.5) is 0 Å². The first-order valence-electron chi connectivity index (χ1n) is 9.56. The number of hydrogen-bond donors (Lipinski definition) is 0. The standard InChI is InChI=1S/C26H18O2/c1-2-9-19(10-3-1)26-20(17-27-25-13-7-6-12-23(25)26)16-22-21-11-5-4-8-18(21)14-15-24(22)28-26/h1-16H,17H2. The maximum Gasteiger partial charge on any atom is 0.187 e. The van der Waals surface area contributed by atoms with Gasteiger partial charge in [-0.2, -0.15) is 0 Å². The molecule has 1 unspecified atom stereocenters. The summed E-state index contributed by atoms with van der Waals surface area (Å²) in [5, 5.41) is 2.42. The van der Waals surface area contributed by atoms with E-state index in [9.17, 15) is 0 Å². The molecule has 0 bridgehead atoms. The highest BCUT2D eigenvalue weighted by atomic mass is 16.5. The van der Waals surface area contributed by atoms with Crippen LogP contribution in [0.15, 0.2) is 96.6 Å². The maximum atomic E-state index is 6.90. The summed E-state index contributed by atoms with van der Waals surface area (Å²) in [4.78, 5) is 0. The van der Waals surface area contributed by atoms with E-state index in [0.29, 0.717) is 6.61 Å². The molecular weight excluding hydrogens is 344 g/mol. The molecule has 2 heterocycles. The van der Waals surface area contributed by atoms with E-state index in [1.807, 2.05) is 18.2 Å². The molecule has 6 rings (SSSR count). The molecule has 0 radical (unpaired) electrons.